The van der Waals surface area contributed by atoms with E-state index in [2.05, 4.69) is 29.6 Å². The molecule has 4 aliphatic rings. The van der Waals surface area contributed by atoms with Crippen molar-refractivity contribution in [1.82, 2.24) is 10.2 Å². The van der Waals surface area contributed by atoms with Gasteiger partial charge in [-0.2, -0.15) is 0 Å². The predicted molar refractivity (Wildman–Crippen MR) is 129 cm³/mol. The molecule has 2 saturated carbocycles. The van der Waals surface area contributed by atoms with E-state index in [0.717, 1.165) is 25.7 Å². The monoisotopic (exact) mass is 474 g/mol. The van der Waals surface area contributed by atoms with Crippen LogP contribution in [-0.2, 0) is 14.3 Å². The average Bonchev–Trinajstić information content (AvgIpc) is 3.23. The van der Waals surface area contributed by atoms with Gasteiger partial charge < -0.3 is 20.1 Å². The zero-order chi connectivity index (χ0) is 24.1. The highest BCUT2D eigenvalue weighted by molar-refractivity contribution is 5.81. The first-order chi connectivity index (χ1) is 17.0. The lowest BCUT2D eigenvalue weighted by molar-refractivity contribution is -0.142. The molecule has 182 valence electrons. The zero-order valence-corrected chi connectivity index (χ0v) is 19.6. The number of alkyl carbamates (subject to hydrolysis) is 1. The fourth-order valence-corrected chi connectivity index (χ4v) is 6.62. The van der Waals surface area contributed by atoms with Gasteiger partial charge in [0, 0.05) is 31.0 Å². The molecule has 6 rings (SSSR count). The van der Waals surface area contributed by atoms with E-state index in [0.29, 0.717) is 19.7 Å². The molecule has 2 aromatic carbocycles. The minimum atomic E-state index is -0.730. The summed E-state index contributed by atoms with van der Waals surface area (Å²) in [5.74, 6) is -0.541. The van der Waals surface area contributed by atoms with E-state index in [1.165, 1.54) is 22.3 Å². The van der Waals surface area contributed by atoms with E-state index in [-0.39, 0.29) is 41.5 Å². The Labute approximate surface area is 204 Å². The Bertz CT molecular complexity index is 1110. The third-order valence-corrected chi connectivity index (χ3v) is 8.53. The van der Waals surface area contributed by atoms with Crippen molar-refractivity contribution in [2.24, 2.45) is 23.7 Å². The van der Waals surface area contributed by atoms with Crippen LogP contribution in [0, 0.1) is 23.7 Å². The molecule has 1 unspecified atom stereocenters. The first-order valence-corrected chi connectivity index (χ1v) is 12.6. The Balaban J connectivity index is 0.976. The Morgan fingerprint density at radius 1 is 0.886 bits per heavy atom. The van der Waals surface area contributed by atoms with Crippen LogP contribution >= 0.6 is 0 Å². The van der Waals surface area contributed by atoms with Gasteiger partial charge >= 0.3 is 12.1 Å². The molecule has 1 aliphatic heterocycles. The van der Waals surface area contributed by atoms with E-state index in [9.17, 15) is 19.5 Å². The number of carbonyl (C=O) groups is 3. The van der Waals surface area contributed by atoms with Gasteiger partial charge in [-0.25, -0.2) is 4.79 Å². The van der Waals surface area contributed by atoms with Crippen LogP contribution in [0.2, 0.25) is 0 Å². The minimum absolute atomic E-state index is 0.0121. The maximum Gasteiger partial charge on any atom is 0.407 e. The standard InChI is InChI=1S/C28H30N2O5/c31-26(30-13-22-23(14-30)25(22)27(32)33)16-9-11-17(12-10-16)29-28(34)35-15-24-20-7-3-1-5-18(20)19-6-2-4-8-21(19)24/h1-8,16-17,22-25H,9-15H2,(H,29,34)(H,32,33)/t16?,17?,22-,23+,25?. The summed E-state index contributed by atoms with van der Waals surface area (Å²) in [6.45, 7) is 1.46. The molecule has 3 aliphatic carbocycles. The number of ether oxygens (including phenoxy) is 1. The number of amides is 2. The molecule has 0 radical (unpaired) electrons. The average molecular weight is 475 g/mol. The maximum absolute atomic E-state index is 12.9. The quantitative estimate of drug-likeness (QED) is 0.686. The summed E-state index contributed by atoms with van der Waals surface area (Å²) < 4.78 is 5.67. The number of carbonyl (C=O) groups excluding carboxylic acids is 2. The smallest absolute Gasteiger partial charge is 0.407 e. The molecule has 35 heavy (non-hydrogen) atoms. The molecule has 3 fully saturated rings. The van der Waals surface area contributed by atoms with Crippen molar-refractivity contribution in [1.29, 1.82) is 0 Å². The van der Waals surface area contributed by atoms with Gasteiger partial charge in [-0.05, 0) is 59.8 Å². The first kappa shape index (κ1) is 22.1. The highest BCUT2D eigenvalue weighted by atomic mass is 16.5. The number of nitrogens with one attached hydrogen (secondary N) is 1. The number of hydrogen-bond donors (Lipinski definition) is 2. The van der Waals surface area contributed by atoms with Gasteiger partial charge in [0.15, 0.2) is 0 Å². The number of likely N-dealkylation sites (tertiary alicyclic amines) is 1. The normalized spacial score (nSPS) is 28.6. The highest BCUT2D eigenvalue weighted by Crippen LogP contribution is 2.52. The number of carboxylic acid groups (broad SMARTS) is 1. The van der Waals surface area contributed by atoms with E-state index in [1.54, 1.807) is 0 Å². The van der Waals surface area contributed by atoms with Crippen LogP contribution in [0.25, 0.3) is 11.1 Å². The third-order valence-electron chi connectivity index (χ3n) is 8.53. The summed E-state index contributed by atoms with van der Waals surface area (Å²) in [6.07, 6.45) is 2.57. The molecule has 3 atom stereocenters. The molecule has 2 N–H and O–H groups in total. The van der Waals surface area contributed by atoms with Crippen molar-refractivity contribution >= 4 is 18.0 Å². The van der Waals surface area contributed by atoms with Gasteiger partial charge in [-0.3, -0.25) is 9.59 Å². The van der Waals surface area contributed by atoms with Gasteiger partial charge in [0.25, 0.3) is 0 Å². The van der Waals surface area contributed by atoms with Crippen LogP contribution in [0.1, 0.15) is 42.7 Å². The fraction of sp³-hybridized carbons (Fsp3) is 0.464. The number of benzene rings is 2. The summed E-state index contributed by atoms with van der Waals surface area (Å²) in [4.78, 5) is 38.5. The molecule has 0 bridgehead atoms. The molecule has 0 spiro atoms. The van der Waals surface area contributed by atoms with Crippen molar-refractivity contribution in [2.75, 3.05) is 19.7 Å². The van der Waals surface area contributed by atoms with Crippen LogP contribution in [0.4, 0.5) is 4.79 Å². The molecule has 0 aromatic heterocycles. The van der Waals surface area contributed by atoms with Gasteiger partial charge in [0.1, 0.15) is 6.61 Å². The number of fused-ring (bicyclic) bond motifs is 4. The second-order valence-electron chi connectivity index (χ2n) is 10.5. The molecule has 2 amide bonds. The minimum Gasteiger partial charge on any atom is -0.481 e. The molecule has 1 saturated heterocycles. The Hall–Kier alpha value is -3.35. The maximum atomic E-state index is 12.9. The number of rotatable bonds is 5. The van der Waals surface area contributed by atoms with E-state index in [4.69, 9.17) is 4.74 Å². The lowest BCUT2D eigenvalue weighted by Gasteiger charge is -2.31. The van der Waals surface area contributed by atoms with Crippen molar-refractivity contribution in [3.8, 4) is 11.1 Å². The summed E-state index contributed by atoms with van der Waals surface area (Å²) in [5, 5.41) is 12.2. The topological polar surface area (TPSA) is 95.9 Å². The second kappa shape index (κ2) is 8.70. The predicted octanol–water partition coefficient (Wildman–Crippen LogP) is 3.87. The lowest BCUT2D eigenvalue weighted by atomic mass is 9.85. The Kier molecular flexibility index (Phi) is 5.50. The van der Waals surface area contributed by atoms with Crippen molar-refractivity contribution in [3.63, 3.8) is 0 Å². The third kappa shape index (κ3) is 3.97. The van der Waals surface area contributed by atoms with E-state index < -0.39 is 12.1 Å². The number of piperidine rings is 1. The molecule has 1 heterocycles. The zero-order valence-electron chi connectivity index (χ0n) is 19.6. The van der Waals surface area contributed by atoms with E-state index in [1.807, 2.05) is 29.2 Å². The van der Waals surface area contributed by atoms with Crippen LogP contribution in [0.15, 0.2) is 48.5 Å². The SMILES string of the molecule is O=C(NC1CCC(C(=O)N2C[C@@H]3C(C(=O)O)[C@@H]3C2)CC1)OCC1c2ccccc2-c2ccccc21. The fourth-order valence-electron chi connectivity index (χ4n) is 6.62. The molecular weight excluding hydrogens is 444 g/mol. The van der Waals surface area contributed by atoms with Crippen LogP contribution in [0.5, 0.6) is 0 Å². The first-order valence-electron chi connectivity index (χ1n) is 12.6. The molecule has 7 heteroatoms. The number of nitrogens with zero attached hydrogens (tertiary/aromatic N) is 1. The molecule has 2 aromatic rings. The van der Waals surface area contributed by atoms with Crippen molar-refractivity contribution in [2.45, 2.75) is 37.6 Å². The highest BCUT2D eigenvalue weighted by Gasteiger charge is 2.60. The molecule has 7 nitrogen and oxygen atoms in total. The number of carboxylic acids is 1. The molecular formula is C28H30N2O5. The van der Waals surface area contributed by atoms with Gasteiger partial charge in [0.2, 0.25) is 5.91 Å². The summed E-state index contributed by atoms with van der Waals surface area (Å²) >= 11 is 0. The van der Waals surface area contributed by atoms with Crippen LogP contribution in [0.3, 0.4) is 0 Å². The van der Waals surface area contributed by atoms with E-state index >= 15 is 0 Å². The van der Waals surface area contributed by atoms with Gasteiger partial charge in [-0.1, -0.05) is 48.5 Å². The summed E-state index contributed by atoms with van der Waals surface area (Å²) in [5.41, 5.74) is 4.78. The van der Waals surface area contributed by atoms with Crippen LogP contribution in [-0.4, -0.2) is 53.7 Å². The Morgan fingerprint density at radius 2 is 1.46 bits per heavy atom. The summed E-state index contributed by atoms with van der Waals surface area (Å²) in [6, 6.07) is 16.6. The number of aliphatic carboxylic acids is 1. The van der Waals surface area contributed by atoms with Crippen LogP contribution < -0.4 is 5.32 Å². The van der Waals surface area contributed by atoms with Gasteiger partial charge in [0.05, 0.1) is 5.92 Å². The van der Waals surface area contributed by atoms with Crippen molar-refractivity contribution < 1.29 is 24.2 Å². The summed E-state index contributed by atoms with van der Waals surface area (Å²) in [7, 11) is 0. The largest absolute Gasteiger partial charge is 0.481 e. The van der Waals surface area contributed by atoms with Gasteiger partial charge in [-0.15, -0.1) is 0 Å². The lowest BCUT2D eigenvalue weighted by Crippen LogP contribution is -2.43. The second-order valence-corrected chi connectivity index (χ2v) is 10.5. The van der Waals surface area contributed by atoms with Crippen molar-refractivity contribution in [3.05, 3.63) is 59.7 Å². The Morgan fingerprint density at radius 3 is 2.03 bits per heavy atom. The number of hydrogen-bond acceptors (Lipinski definition) is 4.